The van der Waals surface area contributed by atoms with E-state index in [9.17, 15) is 0 Å². The maximum absolute atomic E-state index is 5.70. The Bertz CT molecular complexity index is 492. The van der Waals surface area contributed by atoms with Crippen LogP contribution in [-0.2, 0) is 6.54 Å². The van der Waals surface area contributed by atoms with Gasteiger partial charge in [0.15, 0.2) is 0 Å². The van der Waals surface area contributed by atoms with Crippen LogP contribution in [0.1, 0.15) is 17.2 Å². The largest absolute Gasteiger partial charge is 0.349 e. The van der Waals surface area contributed by atoms with Gasteiger partial charge in [-0.2, -0.15) is 0 Å². The lowest BCUT2D eigenvalue weighted by atomic mass is 10.3. The van der Waals surface area contributed by atoms with Crippen LogP contribution in [-0.4, -0.2) is 19.9 Å². The number of halogens is 1. The fourth-order valence-corrected chi connectivity index (χ4v) is 1.56. The van der Waals surface area contributed by atoms with Crippen molar-refractivity contribution < 1.29 is 0 Å². The lowest BCUT2D eigenvalue weighted by Gasteiger charge is -2.05. The molecule has 0 aromatic carbocycles. The Morgan fingerprint density at radius 3 is 2.53 bits per heavy atom. The second kappa shape index (κ2) is 5.05. The quantitative estimate of drug-likeness (QED) is 0.903. The fourth-order valence-electron chi connectivity index (χ4n) is 1.46. The minimum Gasteiger partial charge on any atom is -0.349 e. The van der Waals surface area contributed by atoms with E-state index in [1.54, 1.807) is 12.4 Å². The van der Waals surface area contributed by atoms with Gasteiger partial charge in [-0.05, 0) is 19.9 Å². The first-order valence-corrected chi connectivity index (χ1v) is 5.54. The smallest absolute Gasteiger partial charge is 0.222 e. The highest BCUT2D eigenvalue weighted by molar-refractivity contribution is 6.30. The topological polar surface area (TPSA) is 63.6 Å². The van der Waals surface area contributed by atoms with E-state index in [-0.39, 0.29) is 0 Å². The van der Waals surface area contributed by atoms with Crippen LogP contribution in [0.4, 0.5) is 5.95 Å². The van der Waals surface area contributed by atoms with Gasteiger partial charge in [-0.3, -0.25) is 0 Å². The van der Waals surface area contributed by atoms with Gasteiger partial charge in [0.2, 0.25) is 5.95 Å². The molecule has 17 heavy (non-hydrogen) atoms. The normalized spacial score (nSPS) is 10.3. The maximum Gasteiger partial charge on any atom is 0.222 e. The summed E-state index contributed by atoms with van der Waals surface area (Å²) in [5, 5.41) is 3.59. The molecule has 0 aliphatic heterocycles. The lowest BCUT2D eigenvalue weighted by molar-refractivity contribution is 0.921. The number of aromatic nitrogens is 4. The Labute approximate surface area is 104 Å². The zero-order chi connectivity index (χ0) is 12.3. The van der Waals surface area contributed by atoms with Gasteiger partial charge in [-0.15, -0.1) is 0 Å². The molecule has 5 nitrogen and oxygen atoms in total. The predicted molar refractivity (Wildman–Crippen MR) is 65.9 cm³/mol. The van der Waals surface area contributed by atoms with Crippen molar-refractivity contribution in [2.75, 3.05) is 5.32 Å². The monoisotopic (exact) mass is 249 g/mol. The standard InChI is InChI=1S/C11H12ClN5/c1-7-3-10(17-8(2)16-7)6-15-11-13-4-9(12)5-14-11/h3-5H,6H2,1-2H3,(H,13,14,15). The average molecular weight is 250 g/mol. The summed E-state index contributed by atoms with van der Waals surface area (Å²) in [4.78, 5) is 16.6. The zero-order valence-electron chi connectivity index (χ0n) is 9.61. The van der Waals surface area contributed by atoms with Gasteiger partial charge in [0.25, 0.3) is 0 Å². The predicted octanol–water partition coefficient (Wildman–Crippen LogP) is 2.15. The number of hydrogen-bond acceptors (Lipinski definition) is 5. The molecule has 0 fully saturated rings. The first-order valence-electron chi connectivity index (χ1n) is 5.16. The van der Waals surface area contributed by atoms with Crippen LogP contribution in [0.2, 0.25) is 5.02 Å². The molecule has 0 aliphatic carbocycles. The highest BCUT2D eigenvalue weighted by Gasteiger charge is 2.00. The van der Waals surface area contributed by atoms with E-state index in [1.165, 1.54) is 0 Å². The summed E-state index contributed by atoms with van der Waals surface area (Å²) in [5.41, 5.74) is 1.86. The number of hydrogen-bond donors (Lipinski definition) is 1. The minimum absolute atomic E-state index is 0.518. The van der Waals surface area contributed by atoms with Crippen LogP contribution < -0.4 is 5.32 Å². The molecule has 0 saturated carbocycles. The van der Waals surface area contributed by atoms with Crippen LogP contribution in [0, 0.1) is 13.8 Å². The van der Waals surface area contributed by atoms with E-state index in [2.05, 4.69) is 25.3 Å². The molecule has 2 aromatic rings. The van der Waals surface area contributed by atoms with Gasteiger partial charge >= 0.3 is 0 Å². The van der Waals surface area contributed by atoms with Gasteiger partial charge in [-0.25, -0.2) is 19.9 Å². The number of aryl methyl sites for hydroxylation is 2. The summed E-state index contributed by atoms with van der Waals surface area (Å²) < 4.78 is 0. The van der Waals surface area contributed by atoms with E-state index in [1.807, 2.05) is 19.9 Å². The van der Waals surface area contributed by atoms with Crippen molar-refractivity contribution in [2.24, 2.45) is 0 Å². The van der Waals surface area contributed by atoms with Crippen molar-refractivity contribution in [3.05, 3.63) is 40.7 Å². The minimum atomic E-state index is 0.518. The van der Waals surface area contributed by atoms with Gasteiger partial charge in [0, 0.05) is 5.69 Å². The fraction of sp³-hybridized carbons (Fsp3) is 0.273. The summed E-state index contributed by atoms with van der Waals surface area (Å²) in [6, 6.07) is 1.93. The van der Waals surface area contributed by atoms with E-state index >= 15 is 0 Å². The molecular formula is C11H12ClN5. The van der Waals surface area contributed by atoms with Crippen LogP contribution in [0.25, 0.3) is 0 Å². The molecule has 88 valence electrons. The summed E-state index contributed by atoms with van der Waals surface area (Å²) in [5.74, 6) is 1.29. The van der Waals surface area contributed by atoms with E-state index in [0.717, 1.165) is 17.2 Å². The van der Waals surface area contributed by atoms with Gasteiger partial charge in [0.05, 0.1) is 29.7 Å². The highest BCUT2D eigenvalue weighted by atomic mass is 35.5. The van der Waals surface area contributed by atoms with Crippen molar-refractivity contribution in [1.29, 1.82) is 0 Å². The van der Waals surface area contributed by atoms with Crippen LogP contribution in [0.15, 0.2) is 18.5 Å². The molecule has 0 unspecified atom stereocenters. The third kappa shape index (κ3) is 3.35. The average Bonchev–Trinajstić information content (AvgIpc) is 2.27. The maximum atomic E-state index is 5.70. The second-order valence-electron chi connectivity index (χ2n) is 3.63. The molecule has 6 heteroatoms. The molecule has 0 bridgehead atoms. The third-order valence-electron chi connectivity index (χ3n) is 2.07. The Morgan fingerprint density at radius 1 is 1.18 bits per heavy atom. The van der Waals surface area contributed by atoms with Crippen molar-refractivity contribution >= 4 is 17.5 Å². The van der Waals surface area contributed by atoms with Crippen LogP contribution >= 0.6 is 11.6 Å². The molecule has 2 aromatic heterocycles. The molecule has 0 aliphatic rings. The first kappa shape index (κ1) is 11.7. The molecule has 2 heterocycles. The first-order chi connectivity index (χ1) is 8.13. The van der Waals surface area contributed by atoms with Crippen molar-refractivity contribution in [3.63, 3.8) is 0 Å². The number of nitrogens with zero attached hydrogens (tertiary/aromatic N) is 4. The van der Waals surface area contributed by atoms with Crippen molar-refractivity contribution in [1.82, 2.24) is 19.9 Å². The summed E-state index contributed by atoms with van der Waals surface area (Å²) in [6.07, 6.45) is 3.10. The number of nitrogens with one attached hydrogen (secondary N) is 1. The molecule has 0 saturated heterocycles. The van der Waals surface area contributed by atoms with Gasteiger partial charge < -0.3 is 5.32 Å². The van der Waals surface area contributed by atoms with Gasteiger partial charge in [0.1, 0.15) is 5.82 Å². The molecule has 0 amide bonds. The van der Waals surface area contributed by atoms with E-state index in [0.29, 0.717) is 17.5 Å². The van der Waals surface area contributed by atoms with Crippen molar-refractivity contribution in [2.45, 2.75) is 20.4 Å². The Morgan fingerprint density at radius 2 is 1.88 bits per heavy atom. The van der Waals surface area contributed by atoms with Gasteiger partial charge in [-0.1, -0.05) is 11.6 Å². The zero-order valence-corrected chi connectivity index (χ0v) is 10.4. The number of rotatable bonds is 3. The van der Waals surface area contributed by atoms with Crippen LogP contribution in [0.5, 0.6) is 0 Å². The molecule has 2 rings (SSSR count). The SMILES string of the molecule is Cc1cc(CNc2ncc(Cl)cn2)nc(C)n1. The Balaban J connectivity index is 2.04. The molecule has 0 spiro atoms. The lowest BCUT2D eigenvalue weighted by Crippen LogP contribution is -2.06. The Hall–Kier alpha value is -1.75. The van der Waals surface area contributed by atoms with E-state index in [4.69, 9.17) is 11.6 Å². The Kier molecular flexibility index (Phi) is 3.49. The molecule has 0 radical (unpaired) electrons. The third-order valence-corrected chi connectivity index (χ3v) is 2.26. The molecule has 1 N–H and O–H groups in total. The second-order valence-corrected chi connectivity index (χ2v) is 4.06. The molecular weight excluding hydrogens is 238 g/mol. The molecule has 0 atom stereocenters. The van der Waals surface area contributed by atoms with E-state index < -0.39 is 0 Å². The summed E-state index contributed by atoms with van der Waals surface area (Å²) in [7, 11) is 0. The van der Waals surface area contributed by atoms with Crippen LogP contribution in [0.3, 0.4) is 0 Å². The number of anilines is 1. The highest BCUT2D eigenvalue weighted by Crippen LogP contribution is 2.07. The summed E-state index contributed by atoms with van der Waals surface area (Å²) in [6.45, 7) is 4.37. The van der Waals surface area contributed by atoms with Crippen molar-refractivity contribution in [3.8, 4) is 0 Å². The summed E-state index contributed by atoms with van der Waals surface area (Å²) >= 11 is 5.70.